The van der Waals surface area contributed by atoms with Crippen LogP contribution < -0.4 is 5.32 Å². The molecule has 5 heteroatoms. The summed E-state index contributed by atoms with van der Waals surface area (Å²) in [6.45, 7) is 1.32. The molecule has 5 nitrogen and oxygen atoms in total. The highest BCUT2D eigenvalue weighted by molar-refractivity contribution is 5.92. The van der Waals surface area contributed by atoms with E-state index in [4.69, 9.17) is 9.47 Å². The lowest BCUT2D eigenvalue weighted by Gasteiger charge is -2.24. The van der Waals surface area contributed by atoms with Crippen LogP contribution in [0.15, 0.2) is 18.2 Å². The Balaban J connectivity index is 1.55. The Kier molecular flexibility index (Phi) is 6.10. The molecule has 1 saturated heterocycles. The van der Waals surface area contributed by atoms with Gasteiger partial charge >= 0.3 is 0 Å². The van der Waals surface area contributed by atoms with Gasteiger partial charge in [0.05, 0.1) is 18.9 Å². The van der Waals surface area contributed by atoms with E-state index in [9.17, 15) is 9.90 Å². The Morgan fingerprint density at radius 3 is 2.62 bits per heavy atom. The van der Waals surface area contributed by atoms with E-state index in [1.807, 2.05) is 0 Å². The average molecular weight is 333 g/mol. The number of phenols is 1. The summed E-state index contributed by atoms with van der Waals surface area (Å²) < 4.78 is 11.1. The first-order chi connectivity index (χ1) is 11.7. The molecule has 132 valence electrons. The zero-order valence-electron chi connectivity index (χ0n) is 14.1. The molecule has 2 fully saturated rings. The van der Waals surface area contributed by atoms with Gasteiger partial charge in [0, 0.05) is 12.0 Å². The first-order valence-corrected chi connectivity index (χ1v) is 9.08. The van der Waals surface area contributed by atoms with Gasteiger partial charge in [-0.1, -0.05) is 38.2 Å². The monoisotopic (exact) mass is 333 g/mol. The molecule has 1 aliphatic heterocycles. The molecular weight excluding hydrogens is 306 g/mol. The largest absolute Gasteiger partial charge is 0.506 e. The van der Waals surface area contributed by atoms with E-state index in [0.717, 1.165) is 18.4 Å². The van der Waals surface area contributed by atoms with Crippen molar-refractivity contribution in [1.82, 2.24) is 0 Å². The third-order valence-electron chi connectivity index (χ3n) is 4.90. The standard InChI is InChI=1S/C19H27NO4/c21-17-9-8-15(19-23-11-4-12-24-19)13-16(17)20-18(22)10-7-14-5-2-1-3-6-14/h8-9,13-14,19,21H,1-7,10-12H2,(H,20,22). The van der Waals surface area contributed by atoms with Gasteiger partial charge in [-0.15, -0.1) is 0 Å². The lowest BCUT2D eigenvalue weighted by Crippen LogP contribution is -2.18. The van der Waals surface area contributed by atoms with Gasteiger partial charge in [0.15, 0.2) is 6.29 Å². The van der Waals surface area contributed by atoms with Crippen molar-refractivity contribution >= 4 is 11.6 Å². The van der Waals surface area contributed by atoms with Gasteiger partial charge in [-0.3, -0.25) is 4.79 Å². The molecule has 0 spiro atoms. The normalized spacial score (nSPS) is 20.0. The molecule has 0 aromatic heterocycles. The third kappa shape index (κ3) is 4.71. The molecular formula is C19H27NO4. The zero-order chi connectivity index (χ0) is 16.8. The van der Waals surface area contributed by atoms with Crippen LogP contribution in [-0.4, -0.2) is 24.2 Å². The number of carbonyl (C=O) groups is 1. The summed E-state index contributed by atoms with van der Waals surface area (Å²) in [4.78, 5) is 12.2. The second kappa shape index (κ2) is 8.49. The summed E-state index contributed by atoms with van der Waals surface area (Å²) in [7, 11) is 0. The van der Waals surface area contributed by atoms with Crippen molar-refractivity contribution in [3.8, 4) is 5.75 Å². The highest BCUT2D eigenvalue weighted by atomic mass is 16.7. The fourth-order valence-corrected chi connectivity index (χ4v) is 3.50. The first-order valence-electron chi connectivity index (χ1n) is 9.08. The minimum Gasteiger partial charge on any atom is -0.506 e. The molecule has 0 unspecified atom stereocenters. The Hall–Kier alpha value is -1.59. The van der Waals surface area contributed by atoms with Crippen molar-refractivity contribution in [2.24, 2.45) is 5.92 Å². The summed E-state index contributed by atoms with van der Waals surface area (Å²) in [5, 5.41) is 12.8. The summed E-state index contributed by atoms with van der Waals surface area (Å²) in [5.41, 5.74) is 1.24. The third-order valence-corrected chi connectivity index (χ3v) is 4.90. The Morgan fingerprint density at radius 2 is 1.88 bits per heavy atom. The van der Waals surface area contributed by atoms with E-state index in [1.54, 1.807) is 18.2 Å². The summed E-state index contributed by atoms with van der Waals surface area (Å²) >= 11 is 0. The summed E-state index contributed by atoms with van der Waals surface area (Å²) in [5.74, 6) is 0.701. The van der Waals surface area contributed by atoms with Gasteiger partial charge in [0.2, 0.25) is 5.91 Å². The number of amides is 1. The van der Waals surface area contributed by atoms with Crippen LogP contribution in [0, 0.1) is 5.92 Å². The Morgan fingerprint density at radius 1 is 1.12 bits per heavy atom. The highest BCUT2D eigenvalue weighted by Crippen LogP contribution is 2.31. The number of hydrogen-bond acceptors (Lipinski definition) is 4. The predicted molar refractivity (Wildman–Crippen MR) is 91.8 cm³/mol. The lowest BCUT2D eigenvalue weighted by atomic mass is 9.86. The minimum atomic E-state index is -0.419. The van der Waals surface area contributed by atoms with Crippen LogP contribution in [0.1, 0.15) is 63.2 Å². The van der Waals surface area contributed by atoms with Crippen LogP contribution in [-0.2, 0) is 14.3 Å². The van der Waals surface area contributed by atoms with Crippen molar-refractivity contribution in [2.45, 2.75) is 57.7 Å². The van der Waals surface area contributed by atoms with Crippen molar-refractivity contribution in [1.29, 1.82) is 0 Å². The van der Waals surface area contributed by atoms with Gasteiger partial charge in [-0.25, -0.2) is 0 Å². The summed E-state index contributed by atoms with van der Waals surface area (Å²) in [6.07, 6.45) is 8.29. The minimum absolute atomic E-state index is 0.0431. The second-order valence-electron chi connectivity index (χ2n) is 6.79. The predicted octanol–water partition coefficient (Wildman–Crippen LogP) is 4.13. The number of phenolic OH excluding ortho intramolecular Hbond substituents is 1. The van der Waals surface area contributed by atoms with Gasteiger partial charge in [0.1, 0.15) is 5.75 Å². The molecule has 2 N–H and O–H groups in total. The smallest absolute Gasteiger partial charge is 0.224 e. The van der Waals surface area contributed by atoms with Crippen molar-refractivity contribution < 1.29 is 19.4 Å². The van der Waals surface area contributed by atoms with E-state index in [1.165, 1.54) is 32.1 Å². The van der Waals surface area contributed by atoms with Crippen LogP contribution in [0.5, 0.6) is 5.75 Å². The maximum absolute atomic E-state index is 12.2. The Bertz CT molecular complexity index is 548. The summed E-state index contributed by atoms with van der Waals surface area (Å²) in [6, 6.07) is 5.08. The molecule has 0 radical (unpaired) electrons. The molecule has 0 atom stereocenters. The molecule has 1 aromatic rings. The van der Waals surface area contributed by atoms with E-state index in [2.05, 4.69) is 5.32 Å². The van der Waals surface area contributed by atoms with E-state index >= 15 is 0 Å². The fourth-order valence-electron chi connectivity index (χ4n) is 3.50. The fraction of sp³-hybridized carbons (Fsp3) is 0.632. The number of anilines is 1. The molecule has 1 amide bonds. The van der Waals surface area contributed by atoms with Crippen LogP contribution in [0.25, 0.3) is 0 Å². The number of carbonyl (C=O) groups excluding carboxylic acids is 1. The van der Waals surface area contributed by atoms with E-state index in [0.29, 0.717) is 31.2 Å². The van der Waals surface area contributed by atoms with Crippen LogP contribution >= 0.6 is 0 Å². The van der Waals surface area contributed by atoms with Crippen molar-refractivity contribution in [2.75, 3.05) is 18.5 Å². The van der Waals surface area contributed by atoms with Crippen LogP contribution in [0.4, 0.5) is 5.69 Å². The molecule has 1 aromatic carbocycles. The van der Waals surface area contributed by atoms with Crippen molar-refractivity contribution in [3.63, 3.8) is 0 Å². The molecule has 1 heterocycles. The van der Waals surface area contributed by atoms with E-state index in [-0.39, 0.29) is 11.7 Å². The van der Waals surface area contributed by atoms with Gasteiger partial charge in [-0.05, 0) is 30.9 Å². The van der Waals surface area contributed by atoms with Crippen LogP contribution in [0.2, 0.25) is 0 Å². The number of benzene rings is 1. The molecule has 24 heavy (non-hydrogen) atoms. The SMILES string of the molecule is O=C(CCC1CCCCC1)Nc1cc(C2OCCCO2)ccc1O. The maximum Gasteiger partial charge on any atom is 0.224 e. The number of hydrogen-bond donors (Lipinski definition) is 2. The lowest BCUT2D eigenvalue weighted by molar-refractivity contribution is -0.183. The molecule has 2 aliphatic rings. The van der Waals surface area contributed by atoms with E-state index < -0.39 is 6.29 Å². The first kappa shape index (κ1) is 17.2. The zero-order valence-corrected chi connectivity index (χ0v) is 14.1. The van der Waals surface area contributed by atoms with Gasteiger partial charge < -0.3 is 19.9 Å². The number of rotatable bonds is 5. The van der Waals surface area contributed by atoms with Gasteiger partial charge in [0.25, 0.3) is 0 Å². The Labute approximate surface area is 143 Å². The number of nitrogens with one attached hydrogen (secondary N) is 1. The molecule has 1 aliphatic carbocycles. The molecule has 3 rings (SSSR count). The average Bonchev–Trinajstić information content (AvgIpc) is 2.63. The molecule has 0 bridgehead atoms. The number of ether oxygens (including phenoxy) is 2. The van der Waals surface area contributed by atoms with Crippen molar-refractivity contribution in [3.05, 3.63) is 23.8 Å². The van der Waals surface area contributed by atoms with Gasteiger partial charge in [-0.2, -0.15) is 0 Å². The highest BCUT2D eigenvalue weighted by Gasteiger charge is 2.19. The topological polar surface area (TPSA) is 67.8 Å². The maximum atomic E-state index is 12.2. The second-order valence-corrected chi connectivity index (χ2v) is 6.79. The molecule has 1 saturated carbocycles. The quantitative estimate of drug-likeness (QED) is 0.795. The number of aromatic hydroxyl groups is 1. The van der Waals surface area contributed by atoms with Crippen LogP contribution in [0.3, 0.4) is 0 Å².